The van der Waals surface area contributed by atoms with Crippen LogP contribution in [0, 0.1) is 5.92 Å². The molecular weight excluding hydrogens is 561 g/mol. The standard InChI is InChI=1S/C33H39F3N2O5/c34-33(35,36)17-16-29(39)27-12-4-5-19-43-26-11-6-10-24(20-26)21-28(38-18-7-13-31(38)41)30(40)22-25(32(42)37-27)15-14-23-8-2-1-3-9-23/h1-3,6,8-11,20,25,27-28H,4-5,7,12-19,21-22H2,(H,37,42)/t25-,27+,28+/m1/s1. The first-order chi connectivity index (χ1) is 20.6. The zero-order chi connectivity index (χ0) is 30.8. The number of likely N-dealkylation sites (tertiary alicyclic amines) is 1. The quantitative estimate of drug-likeness (QED) is 0.460. The summed E-state index contributed by atoms with van der Waals surface area (Å²) in [6.45, 7) is 0.760. The second-order valence-electron chi connectivity index (χ2n) is 11.4. The molecule has 1 saturated heterocycles. The smallest absolute Gasteiger partial charge is 0.389 e. The number of hydrogen-bond acceptors (Lipinski definition) is 5. The van der Waals surface area contributed by atoms with E-state index in [-0.39, 0.29) is 31.0 Å². The topological polar surface area (TPSA) is 92.8 Å². The molecule has 2 aromatic rings. The van der Waals surface area contributed by atoms with E-state index in [1.165, 1.54) is 0 Å². The number of halogens is 3. The summed E-state index contributed by atoms with van der Waals surface area (Å²) < 4.78 is 44.6. The summed E-state index contributed by atoms with van der Waals surface area (Å²) in [6.07, 6.45) is -3.44. The van der Waals surface area contributed by atoms with Gasteiger partial charge in [0.1, 0.15) is 5.75 Å². The number of rotatable bonds is 7. The van der Waals surface area contributed by atoms with E-state index in [0.717, 1.165) is 11.1 Å². The number of ether oxygens (including phenoxy) is 1. The minimum atomic E-state index is -4.49. The lowest BCUT2D eigenvalue weighted by molar-refractivity contribution is -0.145. The van der Waals surface area contributed by atoms with Crippen LogP contribution in [-0.4, -0.2) is 59.7 Å². The number of alkyl halides is 3. The van der Waals surface area contributed by atoms with Crippen LogP contribution in [0.2, 0.25) is 0 Å². The summed E-state index contributed by atoms with van der Waals surface area (Å²) in [5.74, 6) is -1.81. The zero-order valence-corrected chi connectivity index (χ0v) is 24.2. The van der Waals surface area contributed by atoms with Crippen LogP contribution in [0.25, 0.3) is 0 Å². The van der Waals surface area contributed by atoms with E-state index >= 15 is 0 Å². The Hall–Kier alpha value is -3.69. The van der Waals surface area contributed by atoms with Crippen molar-refractivity contribution in [3.05, 3.63) is 65.7 Å². The Morgan fingerprint density at radius 2 is 1.77 bits per heavy atom. The molecule has 2 aliphatic heterocycles. The molecule has 10 heteroatoms. The molecule has 2 aromatic carbocycles. The highest BCUT2D eigenvalue weighted by Crippen LogP contribution is 2.26. The fourth-order valence-corrected chi connectivity index (χ4v) is 5.76. The lowest BCUT2D eigenvalue weighted by atomic mass is 9.88. The third-order valence-corrected chi connectivity index (χ3v) is 8.14. The van der Waals surface area contributed by atoms with Crippen molar-refractivity contribution in [3.8, 4) is 5.75 Å². The fraction of sp³-hybridized carbons (Fsp3) is 0.515. The van der Waals surface area contributed by atoms with Gasteiger partial charge in [0.15, 0.2) is 11.6 Å². The van der Waals surface area contributed by atoms with Crippen molar-refractivity contribution in [2.75, 3.05) is 13.2 Å². The Kier molecular flexibility index (Phi) is 11.4. The SMILES string of the molecule is O=C1N[C@H](C(=O)CCC(F)(F)F)CCCCOc2cccc(c2)C[C@H](N2CCCC2=O)C(=O)C[C@H]1CCc1ccccc1. The van der Waals surface area contributed by atoms with Gasteiger partial charge in [0, 0.05) is 38.1 Å². The highest BCUT2D eigenvalue weighted by Gasteiger charge is 2.36. The van der Waals surface area contributed by atoms with Gasteiger partial charge in [0.25, 0.3) is 0 Å². The van der Waals surface area contributed by atoms with Gasteiger partial charge in [0.05, 0.1) is 25.1 Å². The number of nitrogens with zero attached hydrogens (tertiary/aromatic N) is 1. The van der Waals surface area contributed by atoms with Crippen molar-refractivity contribution in [2.45, 2.75) is 88.9 Å². The molecule has 0 unspecified atom stereocenters. The molecule has 4 rings (SSSR count). The van der Waals surface area contributed by atoms with E-state index in [9.17, 15) is 32.3 Å². The molecular formula is C33H39F3N2O5. The molecule has 2 bridgehead atoms. The van der Waals surface area contributed by atoms with E-state index in [4.69, 9.17) is 4.74 Å². The van der Waals surface area contributed by atoms with Gasteiger partial charge in [-0.15, -0.1) is 0 Å². The first-order valence-electron chi connectivity index (χ1n) is 15.1. The molecule has 0 radical (unpaired) electrons. The molecule has 232 valence electrons. The van der Waals surface area contributed by atoms with Crippen LogP contribution in [0.3, 0.4) is 0 Å². The normalized spacial score (nSPS) is 22.6. The van der Waals surface area contributed by atoms with Crippen LogP contribution in [0.4, 0.5) is 13.2 Å². The summed E-state index contributed by atoms with van der Waals surface area (Å²) in [5.41, 5.74) is 1.80. The highest BCUT2D eigenvalue weighted by atomic mass is 19.4. The average molecular weight is 601 g/mol. The van der Waals surface area contributed by atoms with E-state index < -0.39 is 48.7 Å². The zero-order valence-electron chi connectivity index (χ0n) is 24.2. The largest absolute Gasteiger partial charge is 0.494 e. The molecule has 1 fully saturated rings. The van der Waals surface area contributed by atoms with Crippen LogP contribution in [0.15, 0.2) is 54.6 Å². The summed E-state index contributed by atoms with van der Waals surface area (Å²) in [4.78, 5) is 54.9. The molecule has 7 nitrogen and oxygen atoms in total. The molecule has 2 aliphatic rings. The monoisotopic (exact) mass is 600 g/mol. The second kappa shape index (κ2) is 15.2. The molecule has 0 aromatic heterocycles. The Labute approximate surface area is 250 Å². The number of ketones is 2. The van der Waals surface area contributed by atoms with Crippen molar-refractivity contribution >= 4 is 23.4 Å². The van der Waals surface area contributed by atoms with Crippen LogP contribution < -0.4 is 10.1 Å². The third kappa shape index (κ3) is 9.93. The van der Waals surface area contributed by atoms with Gasteiger partial charge in [-0.3, -0.25) is 19.2 Å². The number of Topliss-reactive ketones (excluding diaryl/α,β-unsaturated/α-hetero) is 2. The van der Waals surface area contributed by atoms with Gasteiger partial charge in [-0.05, 0) is 61.8 Å². The maximum Gasteiger partial charge on any atom is 0.389 e. The highest BCUT2D eigenvalue weighted by molar-refractivity contribution is 5.95. The van der Waals surface area contributed by atoms with E-state index in [1.54, 1.807) is 11.0 Å². The summed E-state index contributed by atoms with van der Waals surface area (Å²) in [6, 6.07) is 14.9. The Morgan fingerprint density at radius 1 is 0.977 bits per heavy atom. The summed E-state index contributed by atoms with van der Waals surface area (Å²) >= 11 is 0. The third-order valence-electron chi connectivity index (χ3n) is 8.14. The maximum absolute atomic E-state index is 13.9. The molecule has 3 atom stereocenters. The molecule has 43 heavy (non-hydrogen) atoms. The number of hydrogen-bond donors (Lipinski definition) is 1. The average Bonchev–Trinajstić information content (AvgIpc) is 3.40. The minimum Gasteiger partial charge on any atom is -0.494 e. The van der Waals surface area contributed by atoms with Gasteiger partial charge < -0.3 is 15.0 Å². The lowest BCUT2D eigenvalue weighted by Crippen LogP contribution is -2.47. The van der Waals surface area contributed by atoms with Crippen molar-refractivity contribution in [2.24, 2.45) is 5.92 Å². The van der Waals surface area contributed by atoms with Gasteiger partial charge in [-0.1, -0.05) is 42.5 Å². The Balaban J connectivity index is 1.62. The number of fused-ring (bicyclic) bond motifs is 2. The molecule has 0 saturated carbocycles. The minimum absolute atomic E-state index is 0.110. The van der Waals surface area contributed by atoms with E-state index in [2.05, 4.69) is 5.32 Å². The fourth-order valence-electron chi connectivity index (χ4n) is 5.76. The molecule has 2 heterocycles. The number of benzene rings is 2. The van der Waals surface area contributed by atoms with E-state index in [0.29, 0.717) is 57.4 Å². The molecule has 1 N–H and O–H groups in total. The maximum atomic E-state index is 13.9. The number of carbonyl (C=O) groups is 4. The number of aryl methyl sites for hydroxylation is 1. The number of carbonyl (C=O) groups excluding carboxylic acids is 4. The van der Waals surface area contributed by atoms with Crippen LogP contribution in [0.5, 0.6) is 5.75 Å². The van der Waals surface area contributed by atoms with Crippen LogP contribution >= 0.6 is 0 Å². The van der Waals surface area contributed by atoms with E-state index in [1.807, 2.05) is 48.5 Å². The lowest BCUT2D eigenvalue weighted by Gasteiger charge is -2.29. The Bertz CT molecular complexity index is 1270. The Morgan fingerprint density at radius 3 is 2.49 bits per heavy atom. The summed E-state index contributed by atoms with van der Waals surface area (Å²) in [7, 11) is 0. The van der Waals surface area contributed by atoms with Crippen molar-refractivity contribution in [1.29, 1.82) is 0 Å². The van der Waals surface area contributed by atoms with Crippen molar-refractivity contribution in [1.82, 2.24) is 10.2 Å². The molecule has 2 amide bonds. The van der Waals surface area contributed by atoms with Crippen LogP contribution in [-0.2, 0) is 32.0 Å². The first kappa shape index (κ1) is 32.2. The number of nitrogens with one attached hydrogen (secondary N) is 1. The molecule has 0 aliphatic carbocycles. The number of amides is 2. The molecule has 0 spiro atoms. The van der Waals surface area contributed by atoms with Crippen molar-refractivity contribution in [3.63, 3.8) is 0 Å². The first-order valence-corrected chi connectivity index (χ1v) is 15.1. The van der Waals surface area contributed by atoms with Gasteiger partial charge in [-0.25, -0.2) is 0 Å². The predicted octanol–water partition coefficient (Wildman–Crippen LogP) is 5.39. The van der Waals surface area contributed by atoms with Gasteiger partial charge >= 0.3 is 6.18 Å². The van der Waals surface area contributed by atoms with Crippen molar-refractivity contribution < 1.29 is 37.1 Å². The van der Waals surface area contributed by atoms with Gasteiger partial charge in [-0.2, -0.15) is 13.2 Å². The second-order valence-corrected chi connectivity index (χ2v) is 11.4. The van der Waals surface area contributed by atoms with Gasteiger partial charge in [0.2, 0.25) is 11.8 Å². The van der Waals surface area contributed by atoms with Crippen LogP contribution in [0.1, 0.15) is 68.9 Å². The summed E-state index contributed by atoms with van der Waals surface area (Å²) in [5, 5.41) is 2.71. The predicted molar refractivity (Wildman–Crippen MR) is 154 cm³/mol.